The van der Waals surface area contributed by atoms with Crippen molar-refractivity contribution < 1.29 is 49.6 Å². The molecule has 3 rings (SSSR count). The van der Waals surface area contributed by atoms with E-state index >= 15 is 0 Å². The zero-order valence-corrected chi connectivity index (χ0v) is 28.9. The summed E-state index contributed by atoms with van der Waals surface area (Å²) < 4.78 is 18.4. The Morgan fingerprint density at radius 1 is 0.708 bits per heavy atom. The summed E-state index contributed by atoms with van der Waals surface area (Å²) in [4.78, 5) is 12.8. The van der Waals surface area contributed by atoms with Crippen LogP contribution in [0.25, 0.3) is 0 Å². The minimum atomic E-state index is -1.11. The number of ether oxygens (including phenoxy) is 3. The lowest BCUT2D eigenvalue weighted by Crippen LogP contribution is -2.54. The minimum Gasteiger partial charge on any atom is -0.458 e. The van der Waals surface area contributed by atoms with Gasteiger partial charge in [-0.1, -0.05) is 87.6 Å². The van der Waals surface area contributed by atoms with E-state index in [2.05, 4.69) is 0 Å². The summed E-state index contributed by atoms with van der Waals surface area (Å²) >= 11 is 0. The van der Waals surface area contributed by atoms with Crippen molar-refractivity contribution >= 4 is 5.97 Å². The molecule has 2 saturated heterocycles. The quantitative estimate of drug-likeness (QED) is 0.176. The zero-order valence-electron chi connectivity index (χ0n) is 28.9. The van der Waals surface area contributed by atoms with Gasteiger partial charge < -0.3 is 44.8 Å². The van der Waals surface area contributed by atoms with Gasteiger partial charge in [-0.25, -0.2) is 4.79 Å². The molecular formula is C38H58O10. The molecule has 0 unspecified atom stereocenters. The van der Waals surface area contributed by atoms with E-state index in [4.69, 9.17) is 14.2 Å². The molecule has 0 aromatic rings. The van der Waals surface area contributed by atoms with Crippen molar-refractivity contribution in [3.8, 4) is 0 Å². The van der Waals surface area contributed by atoms with Crippen molar-refractivity contribution in [1.29, 1.82) is 0 Å². The van der Waals surface area contributed by atoms with E-state index in [0.717, 1.165) is 0 Å². The molecule has 1 spiro atoms. The van der Waals surface area contributed by atoms with Gasteiger partial charge in [-0.05, 0) is 44.9 Å². The number of cyclic esters (lactones) is 1. The van der Waals surface area contributed by atoms with Crippen LogP contribution in [0.3, 0.4) is 0 Å². The average Bonchev–Trinajstić information content (AvgIpc) is 2.98. The second kappa shape index (κ2) is 19.7. The van der Waals surface area contributed by atoms with Gasteiger partial charge in [0.1, 0.15) is 6.10 Å². The van der Waals surface area contributed by atoms with Crippen molar-refractivity contribution in [2.75, 3.05) is 0 Å². The Labute approximate surface area is 285 Å². The maximum atomic E-state index is 12.8. The molecule has 2 fully saturated rings. The predicted octanol–water partition coefficient (Wildman–Crippen LogP) is 4.10. The van der Waals surface area contributed by atoms with Crippen LogP contribution in [0.5, 0.6) is 0 Å². The highest BCUT2D eigenvalue weighted by molar-refractivity contribution is 5.88. The highest BCUT2D eigenvalue weighted by atomic mass is 16.7. The molecule has 10 heteroatoms. The summed E-state index contributed by atoms with van der Waals surface area (Å²) in [5.74, 6) is -2.16. The van der Waals surface area contributed by atoms with Gasteiger partial charge in [-0.3, -0.25) is 0 Å². The zero-order chi connectivity index (χ0) is 35.3. The lowest BCUT2D eigenvalue weighted by Gasteiger charge is -2.48. The molecule has 3 heterocycles. The van der Waals surface area contributed by atoms with Crippen molar-refractivity contribution in [2.24, 2.45) is 11.8 Å². The van der Waals surface area contributed by atoms with Gasteiger partial charge in [0.2, 0.25) is 0 Å². The molecule has 0 radical (unpaired) electrons. The summed E-state index contributed by atoms with van der Waals surface area (Å²) in [6.07, 6.45) is 15.5. The van der Waals surface area contributed by atoms with Gasteiger partial charge in [0.25, 0.3) is 0 Å². The fraction of sp³-hybridized carbons (Fsp3) is 0.658. The van der Waals surface area contributed by atoms with E-state index in [1.165, 1.54) is 0 Å². The smallest absolute Gasteiger partial charge is 0.334 e. The molecule has 3 aliphatic rings. The Morgan fingerprint density at radius 3 is 2.00 bits per heavy atom. The van der Waals surface area contributed by atoms with Crippen LogP contribution < -0.4 is 0 Å². The SMILES string of the molecule is C\C1=C/C=C/C=C/C=C/C=C/C[C@@H]2C[C@H](O)C[C@@]3(C[C@H](O)C[C@H](/C=C/C[C@@H](O)C[C@@H](O)C[C@H](O)C[C@H](O)[C@H](C)[C@H](C(C)C)OC1=O)O3)O2. The Hall–Kier alpha value is -2.41. The predicted molar refractivity (Wildman–Crippen MR) is 183 cm³/mol. The fourth-order valence-electron chi connectivity index (χ4n) is 6.68. The molecule has 11 atom stereocenters. The third kappa shape index (κ3) is 13.5. The van der Waals surface area contributed by atoms with Crippen LogP contribution in [0, 0.1) is 11.8 Å². The van der Waals surface area contributed by atoms with Crippen LogP contribution in [0.15, 0.2) is 72.4 Å². The largest absolute Gasteiger partial charge is 0.458 e. The Morgan fingerprint density at radius 2 is 1.31 bits per heavy atom. The summed E-state index contributed by atoms with van der Waals surface area (Å²) in [6, 6.07) is 0. The van der Waals surface area contributed by atoms with Crippen molar-refractivity contribution in [2.45, 2.75) is 146 Å². The molecule has 0 aromatic carbocycles. The van der Waals surface area contributed by atoms with Crippen molar-refractivity contribution in [3.63, 3.8) is 0 Å². The summed E-state index contributed by atoms with van der Waals surface area (Å²) in [5, 5.41) is 64.0. The third-order valence-electron chi connectivity index (χ3n) is 9.14. The summed E-state index contributed by atoms with van der Waals surface area (Å²) in [7, 11) is 0. The van der Waals surface area contributed by atoms with Crippen LogP contribution in [0.1, 0.15) is 85.5 Å². The van der Waals surface area contributed by atoms with Gasteiger partial charge in [-0.15, -0.1) is 0 Å². The number of carbonyl (C=O) groups excluding carboxylic acids is 1. The molecule has 0 amide bonds. The van der Waals surface area contributed by atoms with E-state index < -0.39 is 66.5 Å². The first-order valence-electron chi connectivity index (χ1n) is 17.4. The van der Waals surface area contributed by atoms with Gasteiger partial charge in [0.05, 0.1) is 48.8 Å². The van der Waals surface area contributed by atoms with Crippen LogP contribution in [0.4, 0.5) is 0 Å². The van der Waals surface area contributed by atoms with E-state index in [1.54, 1.807) is 44.2 Å². The van der Waals surface area contributed by atoms with Gasteiger partial charge in [0, 0.05) is 37.2 Å². The molecular weight excluding hydrogens is 616 g/mol. The van der Waals surface area contributed by atoms with E-state index in [1.807, 2.05) is 50.3 Å². The third-order valence-corrected chi connectivity index (χ3v) is 9.14. The van der Waals surface area contributed by atoms with Crippen LogP contribution in [-0.4, -0.2) is 97.3 Å². The number of allylic oxidation sites excluding steroid dienone is 8. The molecule has 10 nitrogen and oxygen atoms in total. The molecule has 3 bridgehead atoms. The second-order valence-corrected chi connectivity index (χ2v) is 14.0. The van der Waals surface area contributed by atoms with E-state index in [-0.39, 0.29) is 50.5 Å². The normalized spacial score (nSPS) is 43.1. The first-order valence-corrected chi connectivity index (χ1v) is 17.4. The van der Waals surface area contributed by atoms with Crippen molar-refractivity contribution in [1.82, 2.24) is 0 Å². The molecule has 3 aliphatic heterocycles. The monoisotopic (exact) mass is 674 g/mol. The average molecular weight is 675 g/mol. The number of aliphatic hydroxyl groups excluding tert-OH is 6. The van der Waals surface area contributed by atoms with E-state index in [9.17, 15) is 35.4 Å². The maximum Gasteiger partial charge on any atom is 0.334 e. The summed E-state index contributed by atoms with van der Waals surface area (Å²) in [5.41, 5.74) is 0.405. The number of aliphatic hydroxyl groups is 6. The first kappa shape index (κ1) is 40.0. The van der Waals surface area contributed by atoms with Crippen LogP contribution >= 0.6 is 0 Å². The highest BCUT2D eigenvalue weighted by Crippen LogP contribution is 2.40. The Bertz CT molecular complexity index is 1170. The maximum absolute atomic E-state index is 12.8. The van der Waals surface area contributed by atoms with Crippen molar-refractivity contribution in [3.05, 3.63) is 72.4 Å². The second-order valence-electron chi connectivity index (χ2n) is 14.0. The first-order chi connectivity index (χ1) is 22.8. The highest BCUT2D eigenvalue weighted by Gasteiger charge is 2.47. The fourth-order valence-corrected chi connectivity index (χ4v) is 6.68. The van der Waals surface area contributed by atoms with Gasteiger partial charge in [0.15, 0.2) is 5.79 Å². The number of hydrogen-bond acceptors (Lipinski definition) is 10. The molecule has 0 aliphatic carbocycles. The standard InChI is InChI=1S/C38H58O10/c1-25(2)36-27(4)35(44)22-30(41)19-29(40)18-28(39)15-13-17-34-21-32(43)24-38(48-34)23-31(42)20-33(47-38)16-12-10-8-6-5-7-9-11-14-26(3)37(45)46-36/h5-14,17,25,27-36,39-44H,15-16,18-24H2,1-4H3/b7-5+,8-6+,11-9+,12-10+,17-13+,26-14+/t27-,28+,29+,30-,31-,32+,33+,34-,35-,36-,38+/m0/s1. The Balaban J connectivity index is 1.75. The number of fused-ring (bicyclic) bond motifs is 2. The number of esters is 1. The lowest BCUT2D eigenvalue weighted by molar-refractivity contribution is -0.331. The summed E-state index contributed by atoms with van der Waals surface area (Å²) in [6.45, 7) is 7.24. The number of carbonyl (C=O) groups is 1. The van der Waals surface area contributed by atoms with Gasteiger partial charge >= 0.3 is 5.97 Å². The number of rotatable bonds is 1. The lowest BCUT2D eigenvalue weighted by atomic mass is 9.86. The topological polar surface area (TPSA) is 166 Å². The minimum absolute atomic E-state index is 0.0207. The Kier molecular flexibility index (Phi) is 16.4. The van der Waals surface area contributed by atoms with Crippen LogP contribution in [-0.2, 0) is 19.0 Å². The molecule has 0 saturated carbocycles. The van der Waals surface area contributed by atoms with Gasteiger partial charge in [-0.2, -0.15) is 0 Å². The van der Waals surface area contributed by atoms with Crippen LogP contribution in [0.2, 0.25) is 0 Å². The number of hydrogen-bond donors (Lipinski definition) is 6. The molecule has 0 aromatic heterocycles. The van der Waals surface area contributed by atoms with E-state index in [0.29, 0.717) is 24.8 Å². The molecule has 270 valence electrons. The molecule has 48 heavy (non-hydrogen) atoms. The molecule has 6 N–H and O–H groups in total.